The third-order valence-corrected chi connectivity index (χ3v) is 11.8. The first-order chi connectivity index (χ1) is 17.2. The van der Waals surface area contributed by atoms with E-state index in [-0.39, 0.29) is 0 Å². The highest BCUT2D eigenvalue weighted by molar-refractivity contribution is 5.28. The molecule has 198 valence electrons. The van der Waals surface area contributed by atoms with Crippen molar-refractivity contribution in [1.82, 2.24) is 0 Å². The number of fused-ring (bicyclic) bond motifs is 5. The number of allylic oxidation sites excluding steroid dienone is 4. The van der Waals surface area contributed by atoms with Gasteiger partial charge in [0, 0.05) is 0 Å². The maximum atomic E-state index is 6.45. The van der Waals surface area contributed by atoms with Gasteiger partial charge in [0.25, 0.3) is 0 Å². The van der Waals surface area contributed by atoms with Crippen LogP contribution in [0.1, 0.15) is 98.5 Å². The van der Waals surface area contributed by atoms with Crippen molar-refractivity contribution in [3.63, 3.8) is 0 Å². The van der Waals surface area contributed by atoms with Crippen LogP contribution < -0.4 is 0 Å². The largest absolute Gasteiger partial charge is 0.374 e. The number of rotatable bonds is 7. The van der Waals surface area contributed by atoms with Gasteiger partial charge in [0.1, 0.15) is 0 Å². The summed E-state index contributed by atoms with van der Waals surface area (Å²) in [6.07, 6.45) is 19.1. The first-order valence-corrected chi connectivity index (χ1v) is 15.3. The molecule has 0 unspecified atom stereocenters. The number of benzene rings is 1. The van der Waals surface area contributed by atoms with Crippen LogP contribution in [0.4, 0.5) is 0 Å². The molecule has 0 radical (unpaired) electrons. The van der Waals surface area contributed by atoms with E-state index in [1.54, 1.807) is 0 Å². The molecule has 0 saturated heterocycles. The van der Waals surface area contributed by atoms with Crippen molar-refractivity contribution in [3.05, 3.63) is 59.7 Å². The van der Waals surface area contributed by atoms with Crippen LogP contribution in [0.2, 0.25) is 0 Å². The van der Waals surface area contributed by atoms with Gasteiger partial charge >= 0.3 is 0 Å². The van der Waals surface area contributed by atoms with E-state index in [0.717, 1.165) is 36.2 Å². The van der Waals surface area contributed by atoms with Gasteiger partial charge in [-0.25, -0.2) is 0 Å². The Morgan fingerprint density at radius 2 is 1.61 bits per heavy atom. The van der Waals surface area contributed by atoms with Crippen LogP contribution in [0, 0.1) is 52.3 Å². The predicted molar refractivity (Wildman–Crippen MR) is 153 cm³/mol. The summed E-state index contributed by atoms with van der Waals surface area (Å²) in [5.74, 6) is 5.38. The molecule has 3 fully saturated rings. The molecule has 1 aromatic carbocycles. The summed E-state index contributed by atoms with van der Waals surface area (Å²) in [4.78, 5) is 0. The summed E-state index contributed by atoms with van der Waals surface area (Å²) in [6.45, 7) is 15.7. The van der Waals surface area contributed by atoms with Gasteiger partial charge in [-0.05, 0) is 109 Å². The van der Waals surface area contributed by atoms with Crippen molar-refractivity contribution in [1.29, 1.82) is 0 Å². The van der Waals surface area contributed by atoms with Crippen molar-refractivity contribution in [2.45, 2.75) is 106 Å². The van der Waals surface area contributed by atoms with Gasteiger partial charge in [-0.15, -0.1) is 0 Å². The zero-order valence-corrected chi connectivity index (χ0v) is 24.0. The second-order valence-corrected chi connectivity index (χ2v) is 14.0. The maximum absolute atomic E-state index is 6.45. The van der Waals surface area contributed by atoms with Gasteiger partial charge in [-0.1, -0.05) is 95.7 Å². The Labute approximate surface area is 222 Å². The van der Waals surface area contributed by atoms with E-state index in [1.807, 2.05) is 5.57 Å². The molecule has 5 rings (SSSR count). The molecule has 36 heavy (non-hydrogen) atoms. The van der Waals surface area contributed by atoms with E-state index in [0.29, 0.717) is 28.8 Å². The fourth-order valence-electron chi connectivity index (χ4n) is 9.02. The first-order valence-electron chi connectivity index (χ1n) is 15.3. The number of hydrogen-bond acceptors (Lipinski definition) is 1. The topological polar surface area (TPSA) is 9.23 Å². The van der Waals surface area contributed by atoms with Crippen LogP contribution in [0.25, 0.3) is 0 Å². The minimum Gasteiger partial charge on any atom is -0.374 e. The molecular weight excluding hydrogens is 436 g/mol. The van der Waals surface area contributed by atoms with Crippen molar-refractivity contribution >= 4 is 0 Å². The molecule has 0 N–H and O–H groups in total. The molecule has 0 aliphatic heterocycles. The van der Waals surface area contributed by atoms with Crippen LogP contribution in [-0.2, 0) is 11.3 Å². The Morgan fingerprint density at radius 3 is 2.36 bits per heavy atom. The summed E-state index contributed by atoms with van der Waals surface area (Å²) in [6, 6.07) is 10.7. The standard InChI is InChI=1S/C35H52O/c1-24(2)25(3)12-13-26(4)31-16-17-32-30-15-14-28-22-29(36-23-27-10-8-7-9-11-27)18-20-34(28,5)33(30)19-21-35(31,32)6/h7-13,15,24-26,28-29,31-33H,14,16-23H2,1-6H3/b13-12+/t25-,26+,28-,29+,31-,32+,33-,34+,35+/m0/s1. The fourth-order valence-corrected chi connectivity index (χ4v) is 9.02. The second kappa shape index (κ2) is 10.4. The minimum absolute atomic E-state index is 0.434. The van der Waals surface area contributed by atoms with Crippen LogP contribution >= 0.6 is 0 Å². The zero-order chi connectivity index (χ0) is 25.5. The molecule has 0 bridgehead atoms. The molecule has 0 spiro atoms. The molecule has 9 atom stereocenters. The molecule has 0 aromatic heterocycles. The van der Waals surface area contributed by atoms with Gasteiger partial charge in [0.05, 0.1) is 12.7 Å². The average Bonchev–Trinajstić information content (AvgIpc) is 3.23. The maximum Gasteiger partial charge on any atom is 0.0720 e. The van der Waals surface area contributed by atoms with Crippen LogP contribution in [-0.4, -0.2) is 6.10 Å². The van der Waals surface area contributed by atoms with Crippen molar-refractivity contribution < 1.29 is 4.74 Å². The van der Waals surface area contributed by atoms with E-state index in [9.17, 15) is 0 Å². The normalized spacial score (nSPS) is 39.9. The van der Waals surface area contributed by atoms with Crippen molar-refractivity contribution in [2.24, 2.45) is 52.3 Å². The average molecular weight is 489 g/mol. The SMILES string of the molecule is CC(C)[C@@H](C)/C=C/[C@@H](C)[C@@H]1CC[C@@H]2C3=CC[C@H]4C[C@H](OCc5ccccc5)CC[C@@]4(C)[C@H]3CC[C@@]21C. The highest BCUT2D eigenvalue weighted by Gasteiger charge is 2.58. The van der Waals surface area contributed by atoms with Gasteiger partial charge in [0.15, 0.2) is 0 Å². The Balaban J connectivity index is 1.26. The van der Waals surface area contributed by atoms with Gasteiger partial charge in [-0.2, -0.15) is 0 Å². The Morgan fingerprint density at radius 1 is 0.889 bits per heavy atom. The predicted octanol–water partition coefficient (Wildman–Crippen LogP) is 9.64. The lowest BCUT2D eigenvalue weighted by atomic mass is 9.47. The fraction of sp³-hybridized carbons (Fsp3) is 0.714. The van der Waals surface area contributed by atoms with E-state index >= 15 is 0 Å². The molecule has 1 aromatic rings. The molecule has 1 heteroatoms. The molecular formula is C35H52O. The molecule has 4 aliphatic rings. The molecule has 0 heterocycles. The summed E-state index contributed by atoms with van der Waals surface area (Å²) < 4.78 is 6.45. The molecule has 0 amide bonds. The highest BCUT2D eigenvalue weighted by Crippen LogP contribution is 2.66. The first kappa shape index (κ1) is 26.3. The van der Waals surface area contributed by atoms with Gasteiger partial charge in [0.2, 0.25) is 0 Å². The van der Waals surface area contributed by atoms with Crippen LogP contribution in [0.15, 0.2) is 54.1 Å². The molecule has 1 nitrogen and oxygen atoms in total. The third-order valence-electron chi connectivity index (χ3n) is 11.8. The van der Waals surface area contributed by atoms with Crippen LogP contribution in [0.3, 0.4) is 0 Å². The van der Waals surface area contributed by atoms with E-state index in [2.05, 4.69) is 90.1 Å². The summed E-state index contributed by atoms with van der Waals surface area (Å²) in [7, 11) is 0. The Bertz CT molecular complexity index is 943. The van der Waals surface area contributed by atoms with Crippen molar-refractivity contribution in [2.75, 3.05) is 0 Å². The monoisotopic (exact) mass is 488 g/mol. The quantitative estimate of drug-likeness (QED) is 0.347. The zero-order valence-electron chi connectivity index (χ0n) is 24.0. The summed E-state index contributed by atoms with van der Waals surface area (Å²) in [5.41, 5.74) is 4.17. The molecule has 4 aliphatic carbocycles. The van der Waals surface area contributed by atoms with Crippen molar-refractivity contribution in [3.8, 4) is 0 Å². The van der Waals surface area contributed by atoms with Gasteiger partial charge < -0.3 is 4.74 Å². The summed E-state index contributed by atoms with van der Waals surface area (Å²) >= 11 is 0. The second-order valence-electron chi connectivity index (χ2n) is 14.0. The lowest BCUT2D eigenvalue weighted by Crippen LogP contribution is -2.50. The van der Waals surface area contributed by atoms with E-state index in [1.165, 1.54) is 56.9 Å². The summed E-state index contributed by atoms with van der Waals surface area (Å²) in [5, 5.41) is 0. The Hall–Kier alpha value is -1.34. The lowest BCUT2D eigenvalue weighted by molar-refractivity contribution is -0.0707. The van der Waals surface area contributed by atoms with E-state index < -0.39 is 0 Å². The molecule has 3 saturated carbocycles. The van der Waals surface area contributed by atoms with E-state index in [4.69, 9.17) is 4.74 Å². The highest BCUT2D eigenvalue weighted by atomic mass is 16.5. The Kier molecular flexibility index (Phi) is 7.62. The lowest BCUT2D eigenvalue weighted by Gasteiger charge is -2.58. The minimum atomic E-state index is 0.434. The number of ether oxygens (including phenoxy) is 1. The smallest absolute Gasteiger partial charge is 0.0720 e. The number of hydrogen-bond donors (Lipinski definition) is 0. The van der Waals surface area contributed by atoms with Gasteiger partial charge in [-0.3, -0.25) is 0 Å². The third kappa shape index (κ3) is 4.79. The van der Waals surface area contributed by atoms with Crippen LogP contribution in [0.5, 0.6) is 0 Å².